The van der Waals surface area contributed by atoms with E-state index in [1.807, 2.05) is 58.2 Å². The maximum Gasteiger partial charge on any atom is 0.223 e. The lowest BCUT2D eigenvalue weighted by Gasteiger charge is -2.34. The van der Waals surface area contributed by atoms with Crippen LogP contribution in [0.15, 0.2) is 34.8 Å². The first-order chi connectivity index (χ1) is 16.2. The van der Waals surface area contributed by atoms with Crippen LogP contribution in [0.1, 0.15) is 72.0 Å². The summed E-state index contributed by atoms with van der Waals surface area (Å²) in [6, 6.07) is -0.300. The second kappa shape index (κ2) is 12.2. The average Bonchev–Trinajstić information content (AvgIpc) is 3.19. The van der Waals surface area contributed by atoms with Gasteiger partial charge in [-0.15, -0.1) is 11.3 Å². The van der Waals surface area contributed by atoms with E-state index in [9.17, 15) is 19.8 Å². The van der Waals surface area contributed by atoms with Gasteiger partial charge in [-0.3, -0.25) is 9.59 Å². The van der Waals surface area contributed by atoms with Gasteiger partial charge in [0.15, 0.2) is 0 Å². The highest BCUT2D eigenvalue weighted by Crippen LogP contribution is 2.31. The predicted molar refractivity (Wildman–Crippen MR) is 143 cm³/mol. The number of amides is 1. The number of aliphatic hydroxyl groups excluding tert-OH is 2. The Morgan fingerprint density at radius 2 is 1.86 bits per heavy atom. The van der Waals surface area contributed by atoms with Gasteiger partial charge in [-0.25, -0.2) is 4.98 Å². The van der Waals surface area contributed by atoms with Crippen molar-refractivity contribution < 1.29 is 19.8 Å². The zero-order valence-corrected chi connectivity index (χ0v) is 23.1. The van der Waals surface area contributed by atoms with Crippen LogP contribution in [0.5, 0.6) is 0 Å². The summed E-state index contributed by atoms with van der Waals surface area (Å²) in [7, 11) is 0. The maximum atomic E-state index is 13.2. The van der Waals surface area contributed by atoms with E-state index >= 15 is 0 Å². The number of thiazole rings is 1. The van der Waals surface area contributed by atoms with Crippen molar-refractivity contribution in [1.82, 2.24) is 10.3 Å². The Hall–Kier alpha value is -2.09. The molecule has 1 aliphatic heterocycles. The van der Waals surface area contributed by atoms with E-state index in [1.54, 1.807) is 32.1 Å². The van der Waals surface area contributed by atoms with Crippen molar-refractivity contribution >= 4 is 29.1 Å². The van der Waals surface area contributed by atoms with Gasteiger partial charge in [0.25, 0.3) is 0 Å². The summed E-state index contributed by atoms with van der Waals surface area (Å²) < 4.78 is 0. The molecule has 0 spiro atoms. The number of carbonyl (C=O) groups excluding carboxylic acids is 2. The zero-order chi connectivity index (χ0) is 26.5. The van der Waals surface area contributed by atoms with E-state index < -0.39 is 23.5 Å². The van der Waals surface area contributed by atoms with Gasteiger partial charge in [-0.1, -0.05) is 58.4 Å². The zero-order valence-electron chi connectivity index (χ0n) is 22.3. The van der Waals surface area contributed by atoms with Gasteiger partial charge in [-0.05, 0) is 50.7 Å². The lowest BCUT2D eigenvalue weighted by molar-refractivity contribution is -0.143. The van der Waals surface area contributed by atoms with Crippen LogP contribution < -0.4 is 5.32 Å². The number of ketones is 1. The Morgan fingerprint density at radius 1 is 1.20 bits per heavy atom. The molecule has 6 atom stereocenters. The molecule has 35 heavy (non-hydrogen) atoms. The highest BCUT2D eigenvalue weighted by Gasteiger charge is 2.42. The fourth-order valence-corrected chi connectivity index (χ4v) is 5.24. The highest BCUT2D eigenvalue weighted by molar-refractivity contribution is 7.09. The molecule has 0 unspecified atom stereocenters. The SMILES string of the molecule is CC1=C/[C@H](C)[C@@H](/C(C)=C/c2csc(C)n2)NC(=O)C[C@H](O)C(C)(C)C(=O)[C@H](C)[C@@H](O)[C@@H](C)C\C=C\1. The lowest BCUT2D eigenvalue weighted by atomic mass is 9.73. The number of aromatic nitrogens is 1. The molecule has 0 saturated carbocycles. The molecule has 0 bridgehead atoms. The standard InChI is InChI=1S/C28H42N2O4S/c1-16-10-9-11-17(2)26(33)20(5)27(34)28(7,8)23(31)14-24(32)30-25(18(3)12-16)19(4)13-22-15-35-21(6)29-22/h9-10,12-13,15,17-18,20,23,25-26,31,33H,11,14H2,1-8H3,(H,30,32)/b10-9+,16-12-,19-13+/t17-,18-,20+,23-,25-,26-/m0/s1. The molecule has 1 aromatic heterocycles. The summed E-state index contributed by atoms with van der Waals surface area (Å²) in [6.07, 6.45) is 6.55. The number of Topliss-reactive ketones (excluding diaryl/α,β-unsaturated/α-hetero) is 1. The molecular formula is C28H42N2O4S. The molecule has 7 heteroatoms. The minimum absolute atomic E-state index is 0.0256. The largest absolute Gasteiger partial charge is 0.392 e. The topological polar surface area (TPSA) is 99.5 Å². The summed E-state index contributed by atoms with van der Waals surface area (Å²) in [6.45, 7) is 14.9. The molecule has 0 fully saturated rings. The van der Waals surface area contributed by atoms with Crippen LogP contribution >= 0.6 is 11.3 Å². The van der Waals surface area contributed by atoms with E-state index in [-0.39, 0.29) is 36.0 Å². The molecule has 2 rings (SSSR count). The molecule has 0 aliphatic carbocycles. The van der Waals surface area contributed by atoms with Gasteiger partial charge in [0, 0.05) is 11.3 Å². The van der Waals surface area contributed by atoms with Gasteiger partial charge in [0.2, 0.25) is 5.91 Å². The molecule has 3 N–H and O–H groups in total. The number of aryl methyl sites for hydroxylation is 1. The molecule has 0 radical (unpaired) electrons. The van der Waals surface area contributed by atoms with Gasteiger partial charge in [-0.2, -0.15) is 0 Å². The number of aliphatic hydroxyl groups is 2. The quantitative estimate of drug-likeness (QED) is 0.536. The molecule has 1 amide bonds. The first-order valence-electron chi connectivity index (χ1n) is 12.4. The van der Waals surface area contributed by atoms with Crippen molar-refractivity contribution in [3.8, 4) is 0 Å². The Balaban J connectivity index is 2.45. The maximum absolute atomic E-state index is 13.2. The summed E-state index contributed by atoms with van der Waals surface area (Å²) in [4.78, 5) is 30.8. The lowest BCUT2D eigenvalue weighted by Crippen LogP contribution is -2.47. The normalized spacial score (nSPS) is 34.1. The van der Waals surface area contributed by atoms with Crippen molar-refractivity contribution in [2.75, 3.05) is 0 Å². The minimum atomic E-state index is -1.18. The van der Waals surface area contributed by atoms with Crippen molar-refractivity contribution in [2.24, 2.45) is 23.2 Å². The molecule has 1 aromatic rings. The van der Waals surface area contributed by atoms with Gasteiger partial charge in [0.1, 0.15) is 5.78 Å². The smallest absolute Gasteiger partial charge is 0.223 e. The Morgan fingerprint density at radius 3 is 2.46 bits per heavy atom. The number of hydrogen-bond acceptors (Lipinski definition) is 6. The van der Waals surface area contributed by atoms with Crippen LogP contribution in [0.3, 0.4) is 0 Å². The Labute approximate surface area is 214 Å². The summed E-state index contributed by atoms with van der Waals surface area (Å²) >= 11 is 1.58. The third kappa shape index (κ3) is 7.69. The predicted octanol–water partition coefficient (Wildman–Crippen LogP) is 4.86. The van der Waals surface area contributed by atoms with Gasteiger partial charge < -0.3 is 15.5 Å². The molecule has 1 aliphatic rings. The van der Waals surface area contributed by atoms with Gasteiger partial charge >= 0.3 is 0 Å². The van der Waals surface area contributed by atoms with E-state index in [4.69, 9.17) is 0 Å². The summed E-state index contributed by atoms with van der Waals surface area (Å²) in [5.41, 5.74) is 1.69. The Bertz CT molecular complexity index is 991. The number of nitrogens with one attached hydrogen (secondary N) is 1. The molecule has 0 saturated heterocycles. The number of allylic oxidation sites excluding steroid dienone is 3. The van der Waals surface area contributed by atoms with Crippen molar-refractivity contribution in [2.45, 2.75) is 86.5 Å². The monoisotopic (exact) mass is 502 g/mol. The molecular weight excluding hydrogens is 460 g/mol. The number of hydrogen-bond donors (Lipinski definition) is 3. The fourth-order valence-electron chi connectivity index (χ4n) is 4.67. The molecule has 194 valence electrons. The Kier molecular flexibility index (Phi) is 10.2. The first kappa shape index (κ1) is 29.1. The number of nitrogens with zero attached hydrogens (tertiary/aromatic N) is 1. The van der Waals surface area contributed by atoms with E-state index in [0.29, 0.717) is 6.42 Å². The average molecular weight is 503 g/mol. The van der Waals surface area contributed by atoms with E-state index in [0.717, 1.165) is 21.8 Å². The highest BCUT2D eigenvalue weighted by atomic mass is 32.1. The summed E-state index contributed by atoms with van der Waals surface area (Å²) in [5.74, 6) is -1.38. The van der Waals surface area contributed by atoms with Crippen LogP contribution in [0.2, 0.25) is 0 Å². The second-order valence-corrected chi connectivity index (χ2v) is 11.8. The molecule has 2 heterocycles. The van der Waals surface area contributed by atoms with Gasteiger partial charge in [0.05, 0.1) is 40.8 Å². The summed E-state index contributed by atoms with van der Waals surface area (Å²) in [5, 5.41) is 27.7. The van der Waals surface area contributed by atoms with Crippen LogP contribution in [-0.4, -0.2) is 45.1 Å². The minimum Gasteiger partial charge on any atom is -0.392 e. The number of rotatable bonds is 2. The third-order valence-corrected chi connectivity index (χ3v) is 7.91. The van der Waals surface area contributed by atoms with E-state index in [1.165, 1.54) is 0 Å². The molecule has 6 nitrogen and oxygen atoms in total. The second-order valence-electron chi connectivity index (χ2n) is 10.7. The van der Waals surface area contributed by atoms with Crippen molar-refractivity contribution in [3.05, 3.63) is 45.5 Å². The van der Waals surface area contributed by atoms with Crippen molar-refractivity contribution in [1.29, 1.82) is 0 Å². The third-order valence-electron chi connectivity index (χ3n) is 7.12. The van der Waals surface area contributed by atoms with Crippen LogP contribution in [0, 0.1) is 30.1 Å². The first-order valence-corrected chi connectivity index (χ1v) is 13.3. The number of carbonyl (C=O) groups is 2. The van der Waals surface area contributed by atoms with Crippen LogP contribution in [0.25, 0.3) is 6.08 Å². The van der Waals surface area contributed by atoms with Crippen LogP contribution in [-0.2, 0) is 9.59 Å². The fraction of sp³-hybridized carbons (Fsp3) is 0.607. The van der Waals surface area contributed by atoms with E-state index in [2.05, 4.69) is 16.4 Å². The van der Waals surface area contributed by atoms with Crippen LogP contribution in [0.4, 0.5) is 0 Å². The van der Waals surface area contributed by atoms with Crippen molar-refractivity contribution in [3.63, 3.8) is 0 Å². The molecule has 0 aromatic carbocycles.